The number of nitrogens with one attached hydrogen (secondary N) is 1. The Morgan fingerprint density at radius 2 is 2.00 bits per heavy atom. The summed E-state index contributed by atoms with van der Waals surface area (Å²) in [5.74, 6) is -1.78. The summed E-state index contributed by atoms with van der Waals surface area (Å²) in [4.78, 5) is 0. The lowest BCUT2D eigenvalue weighted by Gasteiger charge is -2.11. The third kappa shape index (κ3) is 5.95. The predicted molar refractivity (Wildman–Crippen MR) is 66.9 cm³/mol. The minimum atomic E-state index is -2.65. The Labute approximate surface area is 106 Å². The Hall–Kier alpha value is -0.720. The van der Waals surface area contributed by atoms with Gasteiger partial charge in [0.1, 0.15) is 0 Å². The van der Waals surface area contributed by atoms with E-state index in [0.29, 0.717) is 5.56 Å². The molecule has 0 aliphatic carbocycles. The molecular formula is C10H15ClF2N2OS. The zero-order valence-corrected chi connectivity index (χ0v) is 10.9. The maximum absolute atomic E-state index is 12.9. The molecule has 3 nitrogen and oxygen atoms in total. The predicted octanol–water partition coefficient (Wildman–Crippen LogP) is 1.93. The molecule has 98 valence electrons. The molecule has 7 heteroatoms. The van der Waals surface area contributed by atoms with Crippen molar-refractivity contribution in [2.45, 2.75) is 12.5 Å². The molecule has 1 rings (SSSR count). The van der Waals surface area contributed by atoms with Crippen molar-refractivity contribution in [2.24, 2.45) is 5.73 Å². The van der Waals surface area contributed by atoms with Crippen LogP contribution in [0.15, 0.2) is 18.2 Å². The highest BCUT2D eigenvalue weighted by atomic mass is 35.5. The molecule has 2 atom stereocenters. The van der Waals surface area contributed by atoms with E-state index in [1.807, 2.05) is 0 Å². The second-order valence-corrected chi connectivity index (χ2v) is 6.23. The molecule has 0 aliphatic heterocycles. The van der Waals surface area contributed by atoms with Crippen LogP contribution in [0.25, 0.3) is 0 Å². The normalized spacial score (nSPS) is 15.8. The van der Waals surface area contributed by atoms with Crippen LogP contribution in [-0.2, 0) is 16.1 Å². The van der Waals surface area contributed by atoms with Gasteiger partial charge in [-0.2, -0.15) is 0 Å². The van der Waals surface area contributed by atoms with Crippen molar-refractivity contribution in [2.75, 3.05) is 12.0 Å². The second kappa shape index (κ2) is 6.28. The van der Waals surface area contributed by atoms with E-state index in [9.17, 15) is 13.0 Å². The summed E-state index contributed by atoms with van der Waals surface area (Å²) in [5.41, 5.74) is 6.20. The smallest absolute Gasteiger partial charge is 0.159 e. The molecule has 0 saturated carbocycles. The standard InChI is InChI=1S/C10H14F2N2OS.ClH/c1-16(14,15)6-8(13)4-7-2-3-9(11)10(12)5-7;/h2-3,5,8,14H,4,6,13H2,1H3;1H/t8-,16?;/m1./s1. The van der Waals surface area contributed by atoms with Crippen molar-refractivity contribution >= 4 is 22.1 Å². The molecule has 0 spiro atoms. The van der Waals surface area contributed by atoms with Crippen LogP contribution in [0.1, 0.15) is 5.56 Å². The van der Waals surface area contributed by atoms with Gasteiger partial charge in [-0.15, -0.1) is 12.4 Å². The van der Waals surface area contributed by atoms with Crippen LogP contribution in [0.5, 0.6) is 0 Å². The highest BCUT2D eigenvalue weighted by molar-refractivity contribution is 7.91. The summed E-state index contributed by atoms with van der Waals surface area (Å²) < 4.78 is 43.9. The van der Waals surface area contributed by atoms with Gasteiger partial charge >= 0.3 is 0 Å². The van der Waals surface area contributed by atoms with Crippen molar-refractivity contribution in [3.8, 4) is 0 Å². The topological polar surface area (TPSA) is 66.9 Å². The first kappa shape index (κ1) is 16.3. The van der Waals surface area contributed by atoms with Crippen molar-refractivity contribution in [3.05, 3.63) is 35.4 Å². The number of benzene rings is 1. The van der Waals surface area contributed by atoms with Gasteiger partial charge in [0.05, 0.1) is 0 Å². The van der Waals surface area contributed by atoms with Crippen molar-refractivity contribution in [3.63, 3.8) is 0 Å². The molecule has 0 bridgehead atoms. The first-order valence-corrected chi connectivity index (χ1v) is 6.82. The minimum absolute atomic E-state index is 0. The summed E-state index contributed by atoms with van der Waals surface area (Å²) in [6.45, 7) is 0. The number of halogens is 3. The summed E-state index contributed by atoms with van der Waals surface area (Å²) >= 11 is 0. The molecule has 0 heterocycles. The van der Waals surface area contributed by atoms with Gasteiger partial charge in [-0.3, -0.25) is 8.99 Å². The van der Waals surface area contributed by atoms with E-state index in [-0.39, 0.29) is 24.6 Å². The zero-order valence-electron chi connectivity index (χ0n) is 9.28. The zero-order chi connectivity index (χ0) is 12.3. The van der Waals surface area contributed by atoms with Gasteiger partial charge in [0, 0.05) is 27.8 Å². The first-order valence-electron chi connectivity index (χ1n) is 4.69. The minimum Gasteiger partial charge on any atom is -0.327 e. The highest BCUT2D eigenvalue weighted by Crippen LogP contribution is 2.10. The van der Waals surface area contributed by atoms with Crippen LogP contribution in [0.3, 0.4) is 0 Å². The molecule has 17 heavy (non-hydrogen) atoms. The Morgan fingerprint density at radius 1 is 1.41 bits per heavy atom. The summed E-state index contributed by atoms with van der Waals surface area (Å²) in [6, 6.07) is 3.04. The number of hydrogen-bond acceptors (Lipinski definition) is 3. The van der Waals surface area contributed by atoms with Crippen LogP contribution < -0.4 is 5.73 Å². The van der Waals surface area contributed by atoms with Crippen molar-refractivity contribution in [1.82, 2.24) is 0 Å². The first-order chi connectivity index (χ1) is 7.28. The molecule has 1 unspecified atom stereocenters. The van der Waals surface area contributed by atoms with Gasteiger partial charge in [0.2, 0.25) is 0 Å². The van der Waals surface area contributed by atoms with Gasteiger partial charge in [-0.05, 0) is 24.1 Å². The van der Waals surface area contributed by atoms with Crippen LogP contribution in [0, 0.1) is 16.4 Å². The van der Waals surface area contributed by atoms with Crippen LogP contribution in [0.2, 0.25) is 0 Å². The lowest BCUT2D eigenvalue weighted by molar-refractivity contribution is 0.506. The van der Waals surface area contributed by atoms with E-state index in [4.69, 9.17) is 10.5 Å². The van der Waals surface area contributed by atoms with E-state index >= 15 is 0 Å². The van der Waals surface area contributed by atoms with Crippen molar-refractivity contribution in [1.29, 1.82) is 4.78 Å². The Kier molecular flexibility index (Phi) is 6.01. The van der Waals surface area contributed by atoms with Gasteiger partial charge in [0.25, 0.3) is 0 Å². The average molecular weight is 285 g/mol. The molecule has 0 aromatic heterocycles. The van der Waals surface area contributed by atoms with Gasteiger partial charge in [-0.25, -0.2) is 8.78 Å². The van der Waals surface area contributed by atoms with E-state index in [2.05, 4.69) is 0 Å². The number of nitrogens with two attached hydrogens (primary N) is 1. The number of rotatable bonds is 4. The molecule has 0 saturated heterocycles. The molecular weight excluding hydrogens is 270 g/mol. The van der Waals surface area contributed by atoms with Crippen LogP contribution in [-0.4, -0.2) is 22.3 Å². The highest BCUT2D eigenvalue weighted by Gasteiger charge is 2.10. The monoisotopic (exact) mass is 284 g/mol. The SMILES string of the molecule is CS(=N)(=O)C[C@H](N)Cc1ccc(F)c(F)c1.Cl. The third-order valence-electron chi connectivity index (χ3n) is 2.01. The van der Waals surface area contributed by atoms with Gasteiger partial charge in [0.15, 0.2) is 11.6 Å². The third-order valence-corrected chi connectivity index (χ3v) is 3.08. The molecule has 0 aliphatic rings. The molecule has 1 aromatic carbocycles. The summed E-state index contributed by atoms with van der Waals surface area (Å²) in [5, 5.41) is 0. The van der Waals surface area contributed by atoms with Crippen LogP contribution >= 0.6 is 12.4 Å². The Bertz CT molecular complexity index is 479. The fourth-order valence-electron chi connectivity index (χ4n) is 1.44. The lowest BCUT2D eigenvalue weighted by Crippen LogP contribution is -2.30. The quantitative estimate of drug-likeness (QED) is 0.887. The maximum Gasteiger partial charge on any atom is 0.159 e. The Balaban J connectivity index is 0.00000256. The fraction of sp³-hybridized carbons (Fsp3) is 0.400. The van der Waals surface area contributed by atoms with E-state index in [0.717, 1.165) is 12.1 Å². The molecule has 1 aromatic rings. The van der Waals surface area contributed by atoms with Gasteiger partial charge < -0.3 is 5.73 Å². The van der Waals surface area contributed by atoms with E-state index < -0.39 is 27.4 Å². The van der Waals surface area contributed by atoms with E-state index in [1.165, 1.54) is 12.3 Å². The molecule has 0 amide bonds. The van der Waals surface area contributed by atoms with E-state index in [1.54, 1.807) is 0 Å². The average Bonchev–Trinajstić information content (AvgIpc) is 2.08. The molecule has 3 N–H and O–H groups in total. The molecule has 0 fully saturated rings. The fourth-order valence-corrected chi connectivity index (χ4v) is 2.37. The number of hydrogen-bond donors (Lipinski definition) is 2. The second-order valence-electron chi connectivity index (χ2n) is 3.88. The van der Waals surface area contributed by atoms with Crippen molar-refractivity contribution < 1.29 is 13.0 Å². The largest absolute Gasteiger partial charge is 0.327 e. The summed E-state index contributed by atoms with van der Waals surface area (Å²) in [6.07, 6.45) is 1.58. The lowest BCUT2D eigenvalue weighted by atomic mass is 10.1. The Morgan fingerprint density at radius 3 is 2.47 bits per heavy atom. The molecule has 0 radical (unpaired) electrons. The van der Waals surface area contributed by atoms with Gasteiger partial charge in [-0.1, -0.05) is 6.07 Å². The maximum atomic E-state index is 12.9. The summed E-state index contributed by atoms with van der Waals surface area (Å²) in [7, 11) is -2.65. The van der Waals surface area contributed by atoms with Crippen LogP contribution in [0.4, 0.5) is 8.78 Å².